The zero-order valence-electron chi connectivity index (χ0n) is 26.6. The van der Waals surface area contributed by atoms with Gasteiger partial charge in [-0.25, -0.2) is 0 Å². The average molecular weight is 808 g/mol. The van der Waals surface area contributed by atoms with Gasteiger partial charge in [0.25, 0.3) is 0 Å². The zero-order valence-corrected chi connectivity index (χ0v) is 29.0. The Morgan fingerprint density at radius 1 is 0.571 bits per heavy atom. The van der Waals surface area contributed by atoms with Gasteiger partial charge in [-0.3, -0.25) is 4.98 Å². The molecule has 49 heavy (non-hydrogen) atoms. The summed E-state index contributed by atoms with van der Waals surface area (Å²) in [5.41, 5.74) is 11.0. The summed E-state index contributed by atoms with van der Waals surface area (Å²) in [6.45, 7) is 2.13. The minimum absolute atomic E-state index is 0. The summed E-state index contributed by atoms with van der Waals surface area (Å²) in [5, 5.41) is 4.41. The van der Waals surface area contributed by atoms with Crippen LogP contribution >= 0.6 is 0 Å². The molecular formula is C44H29IrN3O-2. The number of furan rings is 1. The molecule has 9 rings (SSSR count). The predicted molar refractivity (Wildman–Crippen MR) is 195 cm³/mol. The molecular weight excluding hydrogens is 779 g/mol. The molecule has 0 aliphatic heterocycles. The van der Waals surface area contributed by atoms with Crippen LogP contribution in [0.15, 0.2) is 163 Å². The standard InChI is InChI=1S/C33H21N2O.C11H8N.Ir/c1-21-13-14-27-26-11-6-12-28(30-19-24(16-18-35-30)22-7-3-2-4-8-22)32(26)36-33(27)31(21)25-10-5-9-23-15-17-34-20-29(23)25;1-2-6-10(7-3-1)11-8-4-5-9-12-11;/h2-11,13-20H,1H3;1-6,8-9H;/q2*-1;. The maximum Gasteiger partial charge on any atom is 0.129 e. The zero-order chi connectivity index (χ0) is 32.3. The molecule has 5 aromatic carbocycles. The van der Waals surface area contributed by atoms with Gasteiger partial charge in [-0.05, 0) is 64.2 Å². The average Bonchev–Trinajstić information content (AvgIpc) is 3.55. The number of hydrogen-bond donors (Lipinski definition) is 0. The summed E-state index contributed by atoms with van der Waals surface area (Å²) in [5.74, 6) is 0. The molecule has 4 heterocycles. The molecule has 9 aromatic rings. The Labute approximate surface area is 298 Å². The normalized spacial score (nSPS) is 10.8. The van der Waals surface area contributed by atoms with E-state index in [4.69, 9.17) is 9.40 Å². The van der Waals surface area contributed by atoms with Crippen LogP contribution in [-0.2, 0) is 20.1 Å². The fraction of sp³-hybridized carbons (Fsp3) is 0.0227. The Hall–Kier alpha value is -5.74. The van der Waals surface area contributed by atoms with Crippen LogP contribution in [-0.4, -0.2) is 15.0 Å². The van der Waals surface area contributed by atoms with Crippen LogP contribution in [0.5, 0.6) is 0 Å². The van der Waals surface area contributed by atoms with E-state index in [1.165, 1.54) is 0 Å². The number of aryl methyl sites for hydroxylation is 1. The monoisotopic (exact) mass is 808 g/mol. The molecule has 0 spiro atoms. The van der Waals surface area contributed by atoms with Crippen LogP contribution < -0.4 is 0 Å². The number of nitrogens with zero attached hydrogens (tertiary/aromatic N) is 3. The molecule has 0 aliphatic rings. The van der Waals surface area contributed by atoms with E-state index < -0.39 is 0 Å². The van der Waals surface area contributed by atoms with Crippen molar-refractivity contribution in [1.82, 2.24) is 15.0 Å². The van der Waals surface area contributed by atoms with Gasteiger partial charge in [0, 0.05) is 61.2 Å². The molecule has 5 heteroatoms. The third kappa shape index (κ3) is 6.30. The van der Waals surface area contributed by atoms with Crippen molar-refractivity contribution in [3.8, 4) is 44.8 Å². The molecule has 4 nitrogen and oxygen atoms in total. The Kier molecular flexibility index (Phi) is 9.21. The Balaban J connectivity index is 0.000000246. The van der Waals surface area contributed by atoms with Crippen molar-refractivity contribution in [3.63, 3.8) is 0 Å². The van der Waals surface area contributed by atoms with E-state index in [1.54, 1.807) is 6.20 Å². The summed E-state index contributed by atoms with van der Waals surface area (Å²) in [6, 6.07) is 51.5. The van der Waals surface area contributed by atoms with E-state index in [0.29, 0.717) is 0 Å². The van der Waals surface area contributed by atoms with Crippen LogP contribution in [0.1, 0.15) is 5.56 Å². The molecule has 4 aromatic heterocycles. The molecule has 0 N–H and O–H groups in total. The van der Waals surface area contributed by atoms with E-state index in [9.17, 15) is 0 Å². The quantitative estimate of drug-likeness (QED) is 0.166. The minimum Gasteiger partial charge on any atom is -0.500 e. The summed E-state index contributed by atoms with van der Waals surface area (Å²) in [6.07, 6.45) is 7.41. The number of pyridine rings is 3. The molecule has 0 aliphatic carbocycles. The van der Waals surface area contributed by atoms with E-state index in [-0.39, 0.29) is 20.1 Å². The van der Waals surface area contributed by atoms with Crippen molar-refractivity contribution in [1.29, 1.82) is 0 Å². The Morgan fingerprint density at radius 3 is 2.24 bits per heavy atom. The third-order valence-electron chi connectivity index (χ3n) is 8.54. The molecule has 0 atom stereocenters. The molecule has 0 bridgehead atoms. The fourth-order valence-corrected chi connectivity index (χ4v) is 6.21. The first-order valence-corrected chi connectivity index (χ1v) is 15.8. The van der Waals surface area contributed by atoms with Crippen LogP contribution in [0.4, 0.5) is 0 Å². The first kappa shape index (κ1) is 31.8. The molecule has 0 unspecified atom stereocenters. The second-order valence-corrected chi connectivity index (χ2v) is 11.5. The van der Waals surface area contributed by atoms with Gasteiger partial charge in [-0.15, -0.1) is 54.1 Å². The topological polar surface area (TPSA) is 51.8 Å². The van der Waals surface area contributed by atoms with Gasteiger partial charge < -0.3 is 14.4 Å². The van der Waals surface area contributed by atoms with Crippen molar-refractivity contribution in [2.24, 2.45) is 0 Å². The summed E-state index contributed by atoms with van der Waals surface area (Å²) in [7, 11) is 0. The largest absolute Gasteiger partial charge is 0.500 e. The van der Waals surface area contributed by atoms with Crippen molar-refractivity contribution >= 4 is 32.7 Å². The molecule has 1 radical (unpaired) electrons. The smallest absolute Gasteiger partial charge is 0.129 e. The molecule has 237 valence electrons. The van der Waals surface area contributed by atoms with E-state index in [1.807, 2.05) is 97.5 Å². The van der Waals surface area contributed by atoms with Crippen molar-refractivity contribution < 1.29 is 24.5 Å². The van der Waals surface area contributed by atoms with Crippen molar-refractivity contribution in [2.75, 3.05) is 0 Å². The van der Waals surface area contributed by atoms with Gasteiger partial charge >= 0.3 is 0 Å². The van der Waals surface area contributed by atoms with Crippen LogP contribution in [0.3, 0.4) is 0 Å². The number of fused-ring (bicyclic) bond motifs is 4. The first-order chi connectivity index (χ1) is 23.7. The maximum atomic E-state index is 6.71. The number of rotatable bonds is 4. The third-order valence-corrected chi connectivity index (χ3v) is 8.54. The van der Waals surface area contributed by atoms with Crippen LogP contribution in [0, 0.1) is 19.1 Å². The second-order valence-electron chi connectivity index (χ2n) is 11.5. The van der Waals surface area contributed by atoms with Gasteiger partial charge in [0.1, 0.15) is 5.58 Å². The Morgan fingerprint density at radius 2 is 1.41 bits per heavy atom. The summed E-state index contributed by atoms with van der Waals surface area (Å²) < 4.78 is 6.71. The molecule has 0 saturated carbocycles. The number of hydrogen-bond acceptors (Lipinski definition) is 4. The second kappa shape index (κ2) is 14.2. The molecule has 0 fully saturated rings. The fourth-order valence-electron chi connectivity index (χ4n) is 6.21. The number of benzene rings is 5. The Bertz CT molecular complexity index is 2470. The minimum atomic E-state index is 0. The molecule has 0 amide bonds. The first-order valence-electron chi connectivity index (χ1n) is 15.8. The van der Waals surface area contributed by atoms with Gasteiger partial charge in [0.05, 0.1) is 5.58 Å². The maximum absolute atomic E-state index is 6.71. The van der Waals surface area contributed by atoms with Crippen molar-refractivity contribution in [2.45, 2.75) is 6.92 Å². The van der Waals surface area contributed by atoms with E-state index in [2.05, 4.69) is 83.6 Å². The van der Waals surface area contributed by atoms with E-state index in [0.717, 1.165) is 83.0 Å². The summed E-state index contributed by atoms with van der Waals surface area (Å²) in [4.78, 5) is 13.3. The van der Waals surface area contributed by atoms with Crippen molar-refractivity contribution in [3.05, 3.63) is 176 Å². The summed E-state index contributed by atoms with van der Waals surface area (Å²) >= 11 is 0. The predicted octanol–water partition coefficient (Wildman–Crippen LogP) is 11.2. The number of aromatic nitrogens is 3. The van der Waals surface area contributed by atoms with E-state index >= 15 is 0 Å². The van der Waals surface area contributed by atoms with Crippen LogP contribution in [0.25, 0.3) is 77.5 Å². The SMILES string of the molecule is Cc1ccc2c(oc3c(-c4cc(-c5ccccc5)ccn4)[c-]ccc32)c1-c1cccc2ccncc12.[Ir].[c-]1ccccc1-c1ccccn1. The van der Waals surface area contributed by atoms with Crippen LogP contribution in [0.2, 0.25) is 0 Å². The van der Waals surface area contributed by atoms with Gasteiger partial charge in [0.2, 0.25) is 0 Å². The molecule has 0 saturated heterocycles. The van der Waals surface area contributed by atoms with Gasteiger partial charge in [-0.1, -0.05) is 89.8 Å². The van der Waals surface area contributed by atoms with Gasteiger partial charge in [0.15, 0.2) is 0 Å². The van der Waals surface area contributed by atoms with Gasteiger partial charge in [-0.2, -0.15) is 0 Å².